The van der Waals surface area contributed by atoms with Crippen molar-refractivity contribution in [2.75, 3.05) is 5.32 Å². The fraction of sp³-hybridized carbons (Fsp3) is 0.621. The molecule has 1 aromatic rings. The van der Waals surface area contributed by atoms with Crippen LogP contribution in [0.25, 0.3) is 0 Å². The average Bonchev–Trinajstić information content (AvgIpc) is 3.43. The maximum absolute atomic E-state index is 13.9. The second kappa shape index (κ2) is 8.44. The predicted octanol–water partition coefficient (Wildman–Crippen LogP) is 3.50. The van der Waals surface area contributed by atoms with Gasteiger partial charge in [-0.3, -0.25) is 14.4 Å². The second-order valence-electron chi connectivity index (χ2n) is 11.8. The third-order valence-corrected chi connectivity index (χ3v) is 9.61. The normalized spacial score (nSPS) is 38.8. The molecule has 7 nitrogen and oxygen atoms in total. The van der Waals surface area contributed by atoms with E-state index in [2.05, 4.69) is 24.5 Å². The Morgan fingerprint density at radius 1 is 1.06 bits per heavy atom. The van der Waals surface area contributed by atoms with Crippen molar-refractivity contribution in [1.29, 1.82) is 0 Å². The fourth-order valence-corrected chi connectivity index (χ4v) is 7.04. The minimum absolute atomic E-state index is 0.0513. The van der Waals surface area contributed by atoms with E-state index in [4.69, 9.17) is 4.74 Å². The number of nitrogens with zero attached hydrogens (tertiary/aromatic N) is 1. The number of carbonyl (C=O) groups is 3. The van der Waals surface area contributed by atoms with Gasteiger partial charge in [0.25, 0.3) is 0 Å². The molecule has 192 valence electrons. The molecule has 3 amide bonds. The van der Waals surface area contributed by atoms with Gasteiger partial charge in [0.15, 0.2) is 0 Å². The molecule has 0 aromatic heterocycles. The monoisotopic (exact) mass is 491 g/mol. The molecule has 0 unspecified atom stereocenters. The Morgan fingerprint density at radius 2 is 1.83 bits per heavy atom. The lowest BCUT2D eigenvalue weighted by atomic mass is 9.73. The van der Waals surface area contributed by atoms with Crippen LogP contribution >= 0.6 is 0 Å². The van der Waals surface area contributed by atoms with Crippen molar-refractivity contribution in [1.82, 2.24) is 10.2 Å². The van der Waals surface area contributed by atoms with E-state index in [0.717, 1.165) is 36.8 Å². The molecule has 36 heavy (non-hydrogen) atoms. The highest BCUT2D eigenvalue weighted by atomic mass is 16.5. The number of hydrogen-bond donors (Lipinski definition) is 2. The Balaban J connectivity index is 1.28. The lowest BCUT2D eigenvalue weighted by Crippen LogP contribution is -2.58. The summed E-state index contributed by atoms with van der Waals surface area (Å²) in [6.45, 7) is 8.49. The summed E-state index contributed by atoms with van der Waals surface area (Å²) in [6, 6.07) is 5.23. The van der Waals surface area contributed by atoms with Crippen molar-refractivity contribution >= 4 is 23.4 Å². The minimum atomic E-state index is -1.08. The predicted molar refractivity (Wildman–Crippen MR) is 136 cm³/mol. The second-order valence-corrected chi connectivity index (χ2v) is 11.8. The largest absolute Gasteiger partial charge is 0.359 e. The van der Waals surface area contributed by atoms with Gasteiger partial charge in [-0.25, -0.2) is 0 Å². The third kappa shape index (κ3) is 3.53. The molecule has 6 rings (SSSR count). The number of hydrogen-bond acceptors (Lipinski definition) is 4. The van der Waals surface area contributed by atoms with Crippen LogP contribution in [0.3, 0.4) is 0 Å². The van der Waals surface area contributed by atoms with Gasteiger partial charge in [0.05, 0.1) is 17.9 Å². The molecule has 5 aliphatic rings. The number of nitrogens with one attached hydrogen (secondary N) is 2. The summed E-state index contributed by atoms with van der Waals surface area (Å²) in [5, 5.41) is 6.34. The van der Waals surface area contributed by atoms with Gasteiger partial charge >= 0.3 is 0 Å². The Kier molecular flexibility index (Phi) is 5.56. The van der Waals surface area contributed by atoms with Crippen LogP contribution in [0, 0.1) is 37.5 Å². The standard InChI is InChI=1S/C29H37N3O4/c1-15-8-9-19(14-17(15)3)30-26(33)23-22-12-13-29(36-22)24(23)28(35)32(20-10-11-20)25(29)27(34)31-21-7-5-6-16(2)18(21)4/h8-9,12-14,16,18,20-25H,5-7,10-11H2,1-4H3,(H,30,33)(H,31,34)/t16-,18-,21-,22+,23-,24+,25+,29+/m1/s1. The molecule has 2 aliphatic carbocycles. The molecule has 4 fully saturated rings. The lowest BCUT2D eigenvalue weighted by Gasteiger charge is -2.38. The van der Waals surface area contributed by atoms with Gasteiger partial charge in [-0.1, -0.05) is 44.9 Å². The van der Waals surface area contributed by atoms with Crippen molar-refractivity contribution in [3.05, 3.63) is 41.5 Å². The van der Waals surface area contributed by atoms with Gasteiger partial charge in [-0.2, -0.15) is 0 Å². The molecule has 2 bridgehead atoms. The summed E-state index contributed by atoms with van der Waals surface area (Å²) in [5.41, 5.74) is 1.87. The van der Waals surface area contributed by atoms with Crippen molar-refractivity contribution < 1.29 is 19.1 Å². The highest BCUT2D eigenvalue weighted by Crippen LogP contribution is 2.57. The van der Waals surface area contributed by atoms with E-state index in [9.17, 15) is 14.4 Å². The van der Waals surface area contributed by atoms with Crippen LogP contribution in [0.5, 0.6) is 0 Å². The van der Waals surface area contributed by atoms with E-state index in [0.29, 0.717) is 17.5 Å². The van der Waals surface area contributed by atoms with Crippen LogP contribution in [0.1, 0.15) is 57.1 Å². The molecular formula is C29H37N3O4. The van der Waals surface area contributed by atoms with Gasteiger partial charge in [0.1, 0.15) is 11.6 Å². The van der Waals surface area contributed by atoms with Crippen molar-refractivity contribution in [2.45, 2.75) is 89.6 Å². The van der Waals surface area contributed by atoms with Gasteiger partial charge in [0.2, 0.25) is 17.7 Å². The van der Waals surface area contributed by atoms with Gasteiger partial charge < -0.3 is 20.3 Å². The summed E-state index contributed by atoms with van der Waals surface area (Å²) < 4.78 is 6.45. The van der Waals surface area contributed by atoms with Crippen molar-refractivity contribution in [3.8, 4) is 0 Å². The zero-order valence-electron chi connectivity index (χ0n) is 21.6. The number of anilines is 1. The summed E-state index contributed by atoms with van der Waals surface area (Å²) in [6.07, 6.45) is 8.30. The Morgan fingerprint density at radius 3 is 2.56 bits per heavy atom. The van der Waals surface area contributed by atoms with Gasteiger partial charge in [-0.05, 0) is 68.2 Å². The number of rotatable bonds is 5. The van der Waals surface area contributed by atoms with Crippen LogP contribution in [0.2, 0.25) is 0 Å². The first kappa shape index (κ1) is 23.7. The Bertz CT molecular complexity index is 1140. The summed E-state index contributed by atoms with van der Waals surface area (Å²) in [5.74, 6) is -0.875. The lowest BCUT2D eigenvalue weighted by molar-refractivity contribution is -0.142. The molecule has 0 radical (unpaired) electrons. The highest BCUT2D eigenvalue weighted by Gasteiger charge is 2.74. The highest BCUT2D eigenvalue weighted by molar-refractivity contribution is 6.03. The van der Waals surface area contributed by atoms with Crippen LogP contribution in [-0.4, -0.2) is 52.5 Å². The number of fused-ring (bicyclic) bond motifs is 1. The van der Waals surface area contributed by atoms with Crippen molar-refractivity contribution in [3.63, 3.8) is 0 Å². The maximum atomic E-state index is 13.9. The molecule has 1 aromatic carbocycles. The first-order chi connectivity index (χ1) is 17.2. The minimum Gasteiger partial charge on any atom is -0.359 e. The molecule has 2 N–H and O–H groups in total. The SMILES string of the molecule is Cc1ccc(NC(=O)[C@@H]2[C@@H]3C=C[C@]4(O3)[C@@H]2C(=O)N(C2CC2)[C@H]4C(=O)N[C@@H]2CCC[C@@H](C)[C@H]2C)cc1C. The topological polar surface area (TPSA) is 87.7 Å². The molecule has 2 saturated carbocycles. The molecular weight excluding hydrogens is 454 g/mol. The fourth-order valence-electron chi connectivity index (χ4n) is 7.04. The van der Waals surface area contributed by atoms with Gasteiger partial charge in [-0.15, -0.1) is 0 Å². The van der Waals surface area contributed by atoms with E-state index < -0.39 is 29.6 Å². The first-order valence-electron chi connectivity index (χ1n) is 13.6. The number of amides is 3. The number of carbonyl (C=O) groups excluding carboxylic acids is 3. The van der Waals surface area contributed by atoms with Crippen LogP contribution in [0.4, 0.5) is 5.69 Å². The molecule has 3 heterocycles. The molecule has 1 spiro atoms. The number of benzene rings is 1. The van der Waals surface area contributed by atoms with E-state index in [1.54, 1.807) is 4.90 Å². The number of likely N-dealkylation sites (tertiary alicyclic amines) is 1. The maximum Gasteiger partial charge on any atom is 0.246 e. The molecule has 7 heteroatoms. The Hall–Kier alpha value is -2.67. The molecule has 8 atom stereocenters. The molecule has 2 saturated heterocycles. The quantitative estimate of drug-likeness (QED) is 0.618. The summed E-state index contributed by atoms with van der Waals surface area (Å²) >= 11 is 0. The van der Waals surface area contributed by atoms with E-state index in [1.807, 2.05) is 44.2 Å². The van der Waals surface area contributed by atoms with Crippen LogP contribution < -0.4 is 10.6 Å². The first-order valence-corrected chi connectivity index (χ1v) is 13.6. The zero-order valence-corrected chi connectivity index (χ0v) is 21.6. The van der Waals surface area contributed by atoms with E-state index in [1.165, 1.54) is 6.42 Å². The Labute approximate surface area is 213 Å². The van der Waals surface area contributed by atoms with Crippen LogP contribution in [0.15, 0.2) is 30.4 Å². The third-order valence-electron chi connectivity index (χ3n) is 9.61. The smallest absolute Gasteiger partial charge is 0.246 e. The number of aryl methyl sites for hydroxylation is 2. The van der Waals surface area contributed by atoms with E-state index in [-0.39, 0.29) is 29.8 Å². The van der Waals surface area contributed by atoms with Crippen LogP contribution in [-0.2, 0) is 19.1 Å². The van der Waals surface area contributed by atoms with Gasteiger partial charge in [0, 0.05) is 17.8 Å². The van der Waals surface area contributed by atoms with Crippen molar-refractivity contribution in [2.24, 2.45) is 23.7 Å². The summed E-state index contributed by atoms with van der Waals surface area (Å²) in [7, 11) is 0. The summed E-state index contributed by atoms with van der Waals surface area (Å²) in [4.78, 5) is 43.1. The average molecular weight is 492 g/mol. The zero-order chi connectivity index (χ0) is 25.4. The van der Waals surface area contributed by atoms with E-state index >= 15 is 0 Å². The molecule has 3 aliphatic heterocycles. The number of ether oxygens (including phenoxy) is 1.